The molecule has 0 atom stereocenters. The summed E-state index contributed by atoms with van der Waals surface area (Å²) in [6, 6.07) is 7.66. The van der Waals surface area contributed by atoms with Crippen LogP contribution < -0.4 is 0 Å². The summed E-state index contributed by atoms with van der Waals surface area (Å²) in [5.74, 6) is -0.794. The van der Waals surface area contributed by atoms with Crippen molar-refractivity contribution in [3.05, 3.63) is 36.1 Å². The lowest BCUT2D eigenvalue weighted by Gasteiger charge is -2.17. The van der Waals surface area contributed by atoms with E-state index in [0.717, 1.165) is 16.5 Å². The minimum absolute atomic E-state index is 0.472. The fraction of sp³-hybridized carbons (Fsp3) is 0.308. The van der Waals surface area contributed by atoms with Gasteiger partial charge in [0.2, 0.25) is 0 Å². The van der Waals surface area contributed by atoms with Gasteiger partial charge in [0, 0.05) is 5.39 Å². The van der Waals surface area contributed by atoms with Crippen molar-refractivity contribution in [2.45, 2.75) is 20.3 Å². The van der Waals surface area contributed by atoms with Crippen LogP contribution in [0.5, 0.6) is 0 Å². The summed E-state index contributed by atoms with van der Waals surface area (Å²) in [6.07, 6.45) is 2.12. The number of benzene rings is 1. The molecular formula is C13H14O3. The van der Waals surface area contributed by atoms with Gasteiger partial charge in [-0.2, -0.15) is 0 Å². The molecule has 2 rings (SSSR count). The number of rotatable bonds is 3. The SMILES string of the molecule is CC(C)(Cc1coc2ccccc12)C(=O)O. The van der Waals surface area contributed by atoms with Gasteiger partial charge < -0.3 is 9.52 Å². The zero-order chi connectivity index (χ0) is 11.8. The second kappa shape index (κ2) is 3.67. The Morgan fingerprint density at radius 1 is 1.38 bits per heavy atom. The first-order chi connectivity index (χ1) is 7.50. The molecule has 0 bridgehead atoms. The predicted molar refractivity (Wildman–Crippen MR) is 61.3 cm³/mol. The first kappa shape index (κ1) is 10.7. The number of carbonyl (C=O) groups is 1. The Balaban J connectivity index is 2.38. The fourth-order valence-electron chi connectivity index (χ4n) is 1.72. The molecule has 3 heteroatoms. The Labute approximate surface area is 93.7 Å². The van der Waals surface area contributed by atoms with Gasteiger partial charge in [0.1, 0.15) is 5.58 Å². The Hall–Kier alpha value is -1.77. The number of para-hydroxylation sites is 1. The number of hydrogen-bond donors (Lipinski definition) is 1. The third-order valence-corrected chi connectivity index (χ3v) is 2.77. The van der Waals surface area contributed by atoms with Crippen LogP contribution in [0.15, 0.2) is 34.9 Å². The standard InChI is InChI=1S/C13H14O3/c1-13(2,12(14)15)7-9-8-16-11-6-4-3-5-10(9)11/h3-6,8H,7H2,1-2H3,(H,14,15). The molecule has 1 heterocycles. The van der Waals surface area contributed by atoms with Crippen molar-refractivity contribution >= 4 is 16.9 Å². The van der Waals surface area contributed by atoms with Gasteiger partial charge in [-0.15, -0.1) is 0 Å². The number of carboxylic acids is 1. The van der Waals surface area contributed by atoms with E-state index in [9.17, 15) is 4.79 Å². The molecule has 0 saturated carbocycles. The van der Waals surface area contributed by atoms with Gasteiger partial charge in [0.25, 0.3) is 0 Å². The molecule has 0 aliphatic rings. The van der Waals surface area contributed by atoms with Gasteiger partial charge in [-0.25, -0.2) is 0 Å². The lowest BCUT2D eigenvalue weighted by molar-refractivity contribution is -0.146. The topological polar surface area (TPSA) is 50.4 Å². The quantitative estimate of drug-likeness (QED) is 0.861. The third kappa shape index (κ3) is 1.81. The van der Waals surface area contributed by atoms with Crippen LogP contribution in [0.3, 0.4) is 0 Å². The van der Waals surface area contributed by atoms with Crippen LogP contribution in [-0.4, -0.2) is 11.1 Å². The van der Waals surface area contributed by atoms with Crippen LogP contribution in [0, 0.1) is 5.41 Å². The fourth-order valence-corrected chi connectivity index (χ4v) is 1.72. The molecule has 0 unspecified atom stereocenters. The molecule has 84 valence electrons. The molecule has 1 aromatic carbocycles. The first-order valence-electron chi connectivity index (χ1n) is 5.19. The summed E-state index contributed by atoms with van der Waals surface area (Å²) < 4.78 is 5.38. The van der Waals surface area contributed by atoms with Crippen molar-refractivity contribution < 1.29 is 14.3 Å². The second-order valence-electron chi connectivity index (χ2n) is 4.62. The average molecular weight is 218 g/mol. The van der Waals surface area contributed by atoms with E-state index >= 15 is 0 Å². The highest BCUT2D eigenvalue weighted by molar-refractivity contribution is 5.82. The number of furan rings is 1. The van der Waals surface area contributed by atoms with Gasteiger partial charge in [0.05, 0.1) is 11.7 Å². The molecule has 1 N–H and O–H groups in total. The van der Waals surface area contributed by atoms with Gasteiger partial charge in [-0.1, -0.05) is 18.2 Å². The van der Waals surface area contributed by atoms with Crippen molar-refractivity contribution in [3.63, 3.8) is 0 Å². The molecular weight excluding hydrogens is 204 g/mol. The minimum Gasteiger partial charge on any atom is -0.481 e. The van der Waals surface area contributed by atoms with Gasteiger partial charge >= 0.3 is 5.97 Å². The van der Waals surface area contributed by atoms with Gasteiger partial charge in [-0.05, 0) is 31.9 Å². The summed E-state index contributed by atoms with van der Waals surface area (Å²) in [7, 11) is 0. The molecule has 0 fully saturated rings. The van der Waals surface area contributed by atoms with E-state index in [-0.39, 0.29) is 0 Å². The van der Waals surface area contributed by atoms with E-state index in [2.05, 4.69) is 0 Å². The van der Waals surface area contributed by atoms with Crippen molar-refractivity contribution in [3.8, 4) is 0 Å². The molecule has 3 nitrogen and oxygen atoms in total. The smallest absolute Gasteiger partial charge is 0.309 e. The van der Waals surface area contributed by atoms with E-state index in [4.69, 9.17) is 9.52 Å². The zero-order valence-corrected chi connectivity index (χ0v) is 9.36. The predicted octanol–water partition coefficient (Wildman–Crippen LogP) is 3.09. The van der Waals surface area contributed by atoms with E-state index in [1.54, 1.807) is 20.1 Å². The summed E-state index contributed by atoms with van der Waals surface area (Å²) in [4.78, 5) is 11.1. The molecule has 0 aliphatic carbocycles. The highest BCUT2D eigenvalue weighted by atomic mass is 16.4. The summed E-state index contributed by atoms with van der Waals surface area (Å²) in [5.41, 5.74) is 0.980. The minimum atomic E-state index is -0.794. The average Bonchev–Trinajstić information content (AvgIpc) is 2.61. The van der Waals surface area contributed by atoms with Crippen LogP contribution >= 0.6 is 0 Å². The maximum atomic E-state index is 11.1. The maximum absolute atomic E-state index is 11.1. The molecule has 1 aromatic heterocycles. The maximum Gasteiger partial charge on any atom is 0.309 e. The molecule has 0 amide bonds. The van der Waals surface area contributed by atoms with Crippen molar-refractivity contribution in [2.24, 2.45) is 5.41 Å². The molecule has 0 aliphatic heterocycles. The first-order valence-corrected chi connectivity index (χ1v) is 5.19. The molecule has 16 heavy (non-hydrogen) atoms. The Morgan fingerprint density at radius 2 is 2.06 bits per heavy atom. The summed E-state index contributed by atoms with van der Waals surface area (Å²) in [5, 5.41) is 10.1. The Morgan fingerprint density at radius 3 is 2.75 bits per heavy atom. The van der Waals surface area contributed by atoms with E-state index < -0.39 is 11.4 Å². The van der Waals surface area contributed by atoms with E-state index in [0.29, 0.717) is 6.42 Å². The molecule has 0 spiro atoms. The van der Waals surface area contributed by atoms with Crippen LogP contribution in [0.25, 0.3) is 11.0 Å². The van der Waals surface area contributed by atoms with Crippen LogP contribution in [0.1, 0.15) is 19.4 Å². The lowest BCUT2D eigenvalue weighted by Crippen LogP contribution is -2.25. The third-order valence-electron chi connectivity index (χ3n) is 2.77. The monoisotopic (exact) mass is 218 g/mol. The van der Waals surface area contributed by atoms with Crippen molar-refractivity contribution in [1.29, 1.82) is 0 Å². The number of hydrogen-bond acceptors (Lipinski definition) is 2. The highest BCUT2D eigenvalue weighted by Gasteiger charge is 2.28. The van der Waals surface area contributed by atoms with E-state index in [1.165, 1.54) is 0 Å². The van der Waals surface area contributed by atoms with E-state index in [1.807, 2.05) is 24.3 Å². The second-order valence-corrected chi connectivity index (χ2v) is 4.62. The Bertz CT molecular complexity index is 523. The normalized spacial score (nSPS) is 11.9. The summed E-state index contributed by atoms with van der Waals surface area (Å²) >= 11 is 0. The Kier molecular flexibility index (Phi) is 2.46. The number of fused-ring (bicyclic) bond motifs is 1. The van der Waals surface area contributed by atoms with Crippen molar-refractivity contribution in [2.75, 3.05) is 0 Å². The highest BCUT2D eigenvalue weighted by Crippen LogP contribution is 2.28. The van der Waals surface area contributed by atoms with Crippen molar-refractivity contribution in [1.82, 2.24) is 0 Å². The lowest BCUT2D eigenvalue weighted by atomic mass is 9.86. The zero-order valence-electron chi connectivity index (χ0n) is 9.36. The van der Waals surface area contributed by atoms with Crippen LogP contribution in [-0.2, 0) is 11.2 Å². The number of aliphatic carboxylic acids is 1. The molecule has 0 saturated heterocycles. The van der Waals surface area contributed by atoms with Crippen LogP contribution in [0.4, 0.5) is 0 Å². The summed E-state index contributed by atoms with van der Waals surface area (Å²) in [6.45, 7) is 3.44. The number of carboxylic acid groups (broad SMARTS) is 1. The van der Waals surface area contributed by atoms with Crippen LogP contribution in [0.2, 0.25) is 0 Å². The largest absolute Gasteiger partial charge is 0.481 e. The van der Waals surface area contributed by atoms with Gasteiger partial charge in [-0.3, -0.25) is 4.79 Å². The molecule has 2 aromatic rings. The van der Waals surface area contributed by atoms with Gasteiger partial charge in [0.15, 0.2) is 0 Å². The molecule has 0 radical (unpaired) electrons.